The predicted octanol–water partition coefficient (Wildman–Crippen LogP) is 5.77. The van der Waals surface area contributed by atoms with Crippen LogP contribution in [-0.4, -0.2) is 0 Å². The summed E-state index contributed by atoms with van der Waals surface area (Å²) in [6.45, 7) is 4.33. The molecular weight excluding hydrogens is 312 g/mol. The van der Waals surface area contributed by atoms with Crippen molar-refractivity contribution in [1.82, 2.24) is 0 Å². The number of unbranched alkanes of at least 4 members (excludes halogenated alkanes) is 5. The van der Waals surface area contributed by atoms with Gasteiger partial charge in [0.05, 0.1) is 0 Å². The van der Waals surface area contributed by atoms with Gasteiger partial charge in [-0.15, -0.1) is 0 Å². The second kappa shape index (κ2) is 15.0. The molecule has 0 bridgehead atoms. The van der Waals surface area contributed by atoms with Crippen molar-refractivity contribution in [3.63, 3.8) is 0 Å². The average molecular weight is 340 g/mol. The van der Waals surface area contributed by atoms with Gasteiger partial charge in [0.15, 0.2) is 5.75 Å². The van der Waals surface area contributed by atoms with Crippen molar-refractivity contribution >= 4 is 0 Å². The minimum absolute atomic E-state index is 0.470. The van der Waals surface area contributed by atoms with Crippen molar-refractivity contribution < 1.29 is 29.9 Å². The highest BCUT2D eigenvalue weighted by molar-refractivity contribution is 5.19. The molecule has 0 amide bonds. The van der Waals surface area contributed by atoms with Crippen LogP contribution in [0, 0.1) is 0 Å². The molecule has 6 nitrogen and oxygen atoms in total. The molecule has 0 unspecified atom stereocenters. The van der Waals surface area contributed by atoms with Gasteiger partial charge in [0.2, 0.25) is 0 Å². The van der Waals surface area contributed by atoms with E-state index in [1.807, 2.05) is 12.1 Å². The monoisotopic (exact) mass is 340 g/mol. The smallest absolute Gasteiger partial charge is 0.168 e. The minimum Gasteiger partial charge on any atom is -0.311 e. The van der Waals surface area contributed by atoms with Crippen LogP contribution in [0.4, 0.5) is 0 Å². The Hall–Kier alpha value is -1.60. The Balaban J connectivity index is 2.15. The molecule has 0 atom stereocenters. The molecule has 6 heteroatoms. The van der Waals surface area contributed by atoms with Crippen LogP contribution in [0.2, 0.25) is 0 Å². The molecule has 0 spiro atoms. The standard InChI is InChI=1S/C18H28O6/c1-3-5-7-10-14-17(13-9-6-4-2)19-21-23-24-22-20-18-15-11-8-12-16-18/h8,11-12,14-16H,3-7,9-10,13H2,1-2H3. The summed E-state index contributed by atoms with van der Waals surface area (Å²) in [6.07, 6.45) is 10.6. The molecule has 0 aromatic heterocycles. The quantitative estimate of drug-likeness (QED) is 0.175. The predicted molar refractivity (Wildman–Crippen MR) is 88.9 cm³/mol. The largest absolute Gasteiger partial charge is 0.311 e. The maximum atomic E-state index is 5.10. The van der Waals surface area contributed by atoms with E-state index in [0.29, 0.717) is 5.75 Å². The van der Waals surface area contributed by atoms with E-state index >= 15 is 0 Å². The van der Waals surface area contributed by atoms with E-state index < -0.39 is 0 Å². The summed E-state index contributed by atoms with van der Waals surface area (Å²) in [7, 11) is 0. The molecule has 0 aliphatic carbocycles. The second-order valence-corrected chi connectivity index (χ2v) is 5.38. The number of benzene rings is 1. The Labute approximate surface area is 143 Å². The van der Waals surface area contributed by atoms with E-state index in [9.17, 15) is 0 Å². The molecule has 0 aliphatic rings. The second-order valence-electron chi connectivity index (χ2n) is 5.38. The van der Waals surface area contributed by atoms with Crippen LogP contribution in [0.1, 0.15) is 65.2 Å². The molecule has 1 aromatic rings. The zero-order valence-electron chi connectivity index (χ0n) is 14.6. The fraction of sp³-hybridized carbons (Fsp3) is 0.556. The topological polar surface area (TPSA) is 55.4 Å². The lowest BCUT2D eigenvalue weighted by molar-refractivity contribution is -0.741. The van der Waals surface area contributed by atoms with Crippen molar-refractivity contribution in [1.29, 1.82) is 0 Å². The zero-order valence-corrected chi connectivity index (χ0v) is 14.6. The lowest BCUT2D eigenvalue weighted by Crippen LogP contribution is -2.03. The van der Waals surface area contributed by atoms with Crippen LogP contribution in [0.5, 0.6) is 5.75 Å². The van der Waals surface area contributed by atoms with Gasteiger partial charge in [0.1, 0.15) is 5.76 Å². The van der Waals surface area contributed by atoms with Gasteiger partial charge < -0.3 is 9.78 Å². The average Bonchev–Trinajstić information content (AvgIpc) is 2.62. The summed E-state index contributed by atoms with van der Waals surface area (Å²) in [5.41, 5.74) is 0. The molecular formula is C18H28O6. The molecule has 0 saturated carbocycles. The minimum atomic E-state index is 0.470. The summed E-state index contributed by atoms with van der Waals surface area (Å²) in [6, 6.07) is 8.85. The molecule has 0 N–H and O–H groups in total. The van der Waals surface area contributed by atoms with Gasteiger partial charge in [-0.2, -0.15) is 0 Å². The molecule has 0 aliphatic heterocycles. The highest BCUT2D eigenvalue weighted by Crippen LogP contribution is 2.14. The Kier molecular flexibility index (Phi) is 12.7. The van der Waals surface area contributed by atoms with E-state index in [-0.39, 0.29) is 0 Å². The van der Waals surface area contributed by atoms with Gasteiger partial charge in [0, 0.05) is 26.6 Å². The summed E-state index contributed by atoms with van der Waals surface area (Å²) in [5.74, 6) is 1.20. The van der Waals surface area contributed by atoms with Gasteiger partial charge in [-0.1, -0.05) is 57.7 Å². The van der Waals surface area contributed by atoms with Crippen LogP contribution in [0.25, 0.3) is 0 Å². The third kappa shape index (κ3) is 11.0. The van der Waals surface area contributed by atoms with Crippen LogP contribution >= 0.6 is 0 Å². The summed E-state index contributed by atoms with van der Waals surface area (Å²) >= 11 is 0. The van der Waals surface area contributed by atoms with E-state index in [1.165, 1.54) is 12.8 Å². The maximum Gasteiger partial charge on any atom is 0.168 e. The summed E-state index contributed by atoms with van der Waals surface area (Å²) in [5, 5.41) is 17.5. The molecule has 1 aromatic carbocycles. The number of rotatable bonds is 15. The van der Waals surface area contributed by atoms with Crippen LogP contribution in [-0.2, 0) is 25.0 Å². The third-order valence-electron chi connectivity index (χ3n) is 3.30. The molecule has 0 saturated heterocycles. The van der Waals surface area contributed by atoms with Crippen molar-refractivity contribution in [3.05, 3.63) is 42.2 Å². The molecule has 24 heavy (non-hydrogen) atoms. The first kappa shape index (κ1) is 20.4. The first-order valence-corrected chi connectivity index (χ1v) is 8.62. The fourth-order valence-corrected chi connectivity index (χ4v) is 1.99. The molecule has 0 fully saturated rings. The van der Waals surface area contributed by atoms with Gasteiger partial charge in [-0.25, -0.2) is 0 Å². The van der Waals surface area contributed by atoms with Gasteiger partial charge in [-0.3, -0.25) is 0 Å². The first-order valence-electron chi connectivity index (χ1n) is 8.62. The molecule has 1 rings (SSSR count). The van der Waals surface area contributed by atoms with Gasteiger partial charge in [-0.05, 0) is 37.5 Å². The number of hydrogen-bond donors (Lipinski definition) is 0. The van der Waals surface area contributed by atoms with Crippen LogP contribution < -0.4 is 4.89 Å². The Morgan fingerprint density at radius 2 is 1.54 bits per heavy atom. The van der Waals surface area contributed by atoms with Crippen LogP contribution in [0.3, 0.4) is 0 Å². The summed E-state index contributed by atoms with van der Waals surface area (Å²) in [4.78, 5) is 9.89. The maximum absolute atomic E-state index is 5.10. The van der Waals surface area contributed by atoms with Crippen molar-refractivity contribution in [2.75, 3.05) is 0 Å². The Morgan fingerprint density at radius 1 is 0.833 bits per heavy atom. The van der Waals surface area contributed by atoms with Crippen molar-refractivity contribution in [3.8, 4) is 5.75 Å². The van der Waals surface area contributed by atoms with Crippen molar-refractivity contribution in [2.24, 2.45) is 0 Å². The fourth-order valence-electron chi connectivity index (χ4n) is 1.99. The highest BCUT2D eigenvalue weighted by Gasteiger charge is 2.03. The van der Waals surface area contributed by atoms with Crippen molar-refractivity contribution in [2.45, 2.75) is 65.2 Å². The van der Waals surface area contributed by atoms with Crippen LogP contribution in [0.15, 0.2) is 42.2 Å². The lowest BCUT2D eigenvalue weighted by Gasteiger charge is -2.07. The SMILES string of the molecule is CCCCCC=C(CCCCC)OOOOOOc1ccccc1. The van der Waals surface area contributed by atoms with Gasteiger partial charge in [0.25, 0.3) is 0 Å². The summed E-state index contributed by atoms with van der Waals surface area (Å²) < 4.78 is 0. The third-order valence-corrected chi connectivity index (χ3v) is 3.30. The Bertz CT molecular complexity index is 421. The molecule has 136 valence electrons. The number of hydrogen-bond acceptors (Lipinski definition) is 6. The molecule has 0 heterocycles. The zero-order chi connectivity index (χ0) is 17.3. The lowest BCUT2D eigenvalue weighted by atomic mass is 10.1. The van der Waals surface area contributed by atoms with E-state index in [2.05, 4.69) is 34.0 Å². The van der Waals surface area contributed by atoms with Gasteiger partial charge >= 0.3 is 0 Å². The first-order chi connectivity index (χ1) is 11.9. The molecule has 0 radical (unpaired) electrons. The van der Waals surface area contributed by atoms with E-state index in [0.717, 1.165) is 44.3 Å². The number of para-hydroxylation sites is 1. The normalized spacial score (nSPS) is 11.5. The van der Waals surface area contributed by atoms with E-state index in [4.69, 9.17) is 9.78 Å². The Morgan fingerprint density at radius 3 is 2.29 bits per heavy atom. The highest BCUT2D eigenvalue weighted by atomic mass is 17.8. The number of allylic oxidation sites excluding steroid dienone is 2. The van der Waals surface area contributed by atoms with E-state index in [1.54, 1.807) is 24.3 Å².